The van der Waals surface area contributed by atoms with Gasteiger partial charge in [0.2, 0.25) is 5.76 Å². The van der Waals surface area contributed by atoms with E-state index >= 15 is 0 Å². The number of halogens is 1. The normalized spacial score (nSPS) is 10.5. The van der Waals surface area contributed by atoms with Gasteiger partial charge in [-0.15, -0.1) is 0 Å². The molecule has 7 heteroatoms. The molecule has 0 radical (unpaired) electrons. The van der Waals surface area contributed by atoms with Crippen molar-refractivity contribution in [3.05, 3.63) is 64.8 Å². The number of aromatic carboxylic acids is 1. The van der Waals surface area contributed by atoms with Crippen LogP contribution in [0.4, 0.5) is 0 Å². The highest BCUT2D eigenvalue weighted by Crippen LogP contribution is 2.31. The van der Waals surface area contributed by atoms with Crippen LogP contribution in [-0.4, -0.2) is 17.4 Å². The van der Waals surface area contributed by atoms with Crippen LogP contribution >= 0.6 is 11.6 Å². The number of carbonyl (C=O) groups is 2. The Hall–Kier alpha value is -2.99. The van der Waals surface area contributed by atoms with Gasteiger partial charge >= 0.3 is 5.97 Å². The third kappa shape index (κ3) is 3.33. The Morgan fingerprint density at radius 1 is 1.17 bits per heavy atom. The summed E-state index contributed by atoms with van der Waals surface area (Å²) >= 11 is 6.18. The van der Waals surface area contributed by atoms with E-state index in [4.69, 9.17) is 30.3 Å². The zero-order valence-electron chi connectivity index (χ0n) is 12.2. The van der Waals surface area contributed by atoms with Gasteiger partial charge in [0, 0.05) is 5.56 Å². The molecule has 0 aliphatic carbocycles. The molecular formula is C17H11ClO6. The van der Waals surface area contributed by atoms with Gasteiger partial charge in [0.1, 0.15) is 23.9 Å². The van der Waals surface area contributed by atoms with Crippen LogP contribution in [0.1, 0.15) is 26.9 Å². The van der Waals surface area contributed by atoms with Crippen molar-refractivity contribution >= 4 is 23.9 Å². The molecule has 0 saturated heterocycles. The summed E-state index contributed by atoms with van der Waals surface area (Å²) in [5.41, 5.74) is 0.701. The quantitative estimate of drug-likeness (QED) is 0.670. The minimum Gasteiger partial charge on any atom is -0.484 e. The largest absolute Gasteiger partial charge is 0.484 e. The van der Waals surface area contributed by atoms with E-state index in [2.05, 4.69) is 0 Å². The summed E-state index contributed by atoms with van der Waals surface area (Å²) in [7, 11) is 0. The first-order valence-corrected chi connectivity index (χ1v) is 7.24. The first-order valence-electron chi connectivity index (χ1n) is 6.86. The Balaban J connectivity index is 1.72. The van der Waals surface area contributed by atoms with Crippen LogP contribution in [0.2, 0.25) is 5.02 Å². The summed E-state index contributed by atoms with van der Waals surface area (Å²) in [5, 5.41) is 9.15. The number of hydrogen-bond acceptors (Lipinski definition) is 5. The SMILES string of the molecule is O=Cc1ccc(-c2ccc(OCc3ccc(C(=O)O)o3)c(Cl)c2)o1. The van der Waals surface area contributed by atoms with Crippen molar-refractivity contribution in [3.8, 4) is 17.1 Å². The van der Waals surface area contributed by atoms with Crippen molar-refractivity contribution < 1.29 is 28.3 Å². The molecule has 2 heterocycles. The van der Waals surface area contributed by atoms with Crippen molar-refractivity contribution in [2.45, 2.75) is 6.61 Å². The number of furan rings is 2. The molecule has 122 valence electrons. The van der Waals surface area contributed by atoms with Gasteiger partial charge in [0.25, 0.3) is 0 Å². The molecule has 1 N–H and O–H groups in total. The van der Waals surface area contributed by atoms with E-state index in [-0.39, 0.29) is 18.1 Å². The average molecular weight is 347 g/mol. The summed E-state index contributed by atoms with van der Waals surface area (Å²) < 4.78 is 16.0. The smallest absolute Gasteiger partial charge is 0.371 e. The fourth-order valence-corrected chi connectivity index (χ4v) is 2.30. The monoisotopic (exact) mass is 346 g/mol. The van der Waals surface area contributed by atoms with Crippen molar-refractivity contribution in [1.82, 2.24) is 0 Å². The molecule has 0 unspecified atom stereocenters. The number of carboxylic acid groups (broad SMARTS) is 1. The summed E-state index contributed by atoms with van der Waals surface area (Å²) in [4.78, 5) is 21.4. The second-order valence-corrected chi connectivity index (χ2v) is 5.23. The Morgan fingerprint density at radius 3 is 2.62 bits per heavy atom. The number of carboxylic acids is 1. The lowest BCUT2D eigenvalue weighted by Crippen LogP contribution is -1.96. The molecule has 1 aromatic carbocycles. The van der Waals surface area contributed by atoms with E-state index in [9.17, 15) is 9.59 Å². The first kappa shape index (κ1) is 15.9. The fraction of sp³-hybridized carbons (Fsp3) is 0.0588. The van der Waals surface area contributed by atoms with E-state index in [0.717, 1.165) is 0 Å². The number of aldehydes is 1. The lowest BCUT2D eigenvalue weighted by molar-refractivity contribution is 0.0658. The molecule has 6 nitrogen and oxygen atoms in total. The standard InChI is InChI=1S/C17H11ClO6/c18-13-7-10(14-5-2-11(8-19)23-14)1-4-15(13)22-9-12-3-6-16(24-12)17(20)21/h1-8H,9H2,(H,20,21). The molecule has 0 saturated carbocycles. The molecule has 3 rings (SSSR count). The fourth-order valence-electron chi connectivity index (χ4n) is 2.06. The van der Waals surface area contributed by atoms with Gasteiger partial charge in [-0.3, -0.25) is 4.79 Å². The van der Waals surface area contributed by atoms with Crippen LogP contribution < -0.4 is 4.74 Å². The lowest BCUT2D eigenvalue weighted by atomic mass is 10.1. The van der Waals surface area contributed by atoms with Crippen LogP contribution in [0.15, 0.2) is 51.3 Å². The zero-order chi connectivity index (χ0) is 17.1. The number of ether oxygens (including phenoxy) is 1. The van der Waals surface area contributed by atoms with Crippen molar-refractivity contribution in [2.24, 2.45) is 0 Å². The lowest BCUT2D eigenvalue weighted by Gasteiger charge is -2.07. The number of hydrogen-bond donors (Lipinski definition) is 1. The minimum absolute atomic E-state index is 0.0440. The van der Waals surface area contributed by atoms with Gasteiger partial charge in [0.05, 0.1) is 5.02 Å². The van der Waals surface area contributed by atoms with Crippen molar-refractivity contribution in [2.75, 3.05) is 0 Å². The second kappa shape index (κ2) is 6.64. The Kier molecular flexibility index (Phi) is 4.39. The van der Waals surface area contributed by atoms with Gasteiger partial charge < -0.3 is 18.7 Å². The van der Waals surface area contributed by atoms with Gasteiger partial charge in [-0.25, -0.2) is 4.79 Å². The van der Waals surface area contributed by atoms with Crippen molar-refractivity contribution in [3.63, 3.8) is 0 Å². The summed E-state index contributed by atoms with van der Waals surface area (Å²) in [5.74, 6) is 0.233. The molecule has 0 fully saturated rings. The van der Waals surface area contributed by atoms with Crippen LogP contribution in [0.5, 0.6) is 5.75 Å². The highest BCUT2D eigenvalue weighted by atomic mass is 35.5. The van der Waals surface area contributed by atoms with Gasteiger partial charge in [-0.05, 0) is 42.5 Å². The third-order valence-electron chi connectivity index (χ3n) is 3.20. The van der Waals surface area contributed by atoms with E-state index in [1.54, 1.807) is 30.3 Å². The van der Waals surface area contributed by atoms with Gasteiger partial charge in [-0.2, -0.15) is 0 Å². The number of benzene rings is 1. The number of rotatable bonds is 6. The average Bonchev–Trinajstić information content (AvgIpc) is 3.23. The highest BCUT2D eigenvalue weighted by molar-refractivity contribution is 6.32. The van der Waals surface area contributed by atoms with Crippen LogP contribution in [0.3, 0.4) is 0 Å². The topological polar surface area (TPSA) is 89.9 Å². The predicted molar refractivity (Wildman–Crippen MR) is 84.5 cm³/mol. The maximum absolute atomic E-state index is 10.8. The molecule has 24 heavy (non-hydrogen) atoms. The molecule has 0 bridgehead atoms. The summed E-state index contributed by atoms with van der Waals surface area (Å²) in [6.07, 6.45) is 0.622. The number of carbonyl (C=O) groups excluding carboxylic acids is 1. The summed E-state index contributed by atoms with van der Waals surface area (Å²) in [6.45, 7) is 0.0440. The molecule has 0 spiro atoms. The van der Waals surface area contributed by atoms with E-state index in [1.807, 2.05) is 0 Å². The van der Waals surface area contributed by atoms with Crippen LogP contribution in [0.25, 0.3) is 11.3 Å². The molecule has 3 aromatic rings. The Labute approximate surface area is 141 Å². The maximum Gasteiger partial charge on any atom is 0.371 e. The molecule has 0 atom stereocenters. The molecular weight excluding hydrogens is 336 g/mol. The molecule has 2 aromatic heterocycles. The van der Waals surface area contributed by atoms with Crippen LogP contribution in [0, 0.1) is 0 Å². The van der Waals surface area contributed by atoms with E-state index in [1.165, 1.54) is 12.1 Å². The van der Waals surface area contributed by atoms with Gasteiger partial charge in [-0.1, -0.05) is 11.6 Å². The second-order valence-electron chi connectivity index (χ2n) is 4.82. The molecule has 0 aliphatic rings. The predicted octanol–water partition coefficient (Wildman–Crippen LogP) is 4.28. The molecule has 0 amide bonds. The summed E-state index contributed by atoms with van der Waals surface area (Å²) in [6, 6.07) is 11.2. The zero-order valence-corrected chi connectivity index (χ0v) is 12.9. The third-order valence-corrected chi connectivity index (χ3v) is 3.50. The minimum atomic E-state index is -1.14. The van der Waals surface area contributed by atoms with E-state index < -0.39 is 5.97 Å². The highest BCUT2D eigenvalue weighted by Gasteiger charge is 2.11. The molecule has 0 aliphatic heterocycles. The van der Waals surface area contributed by atoms with Gasteiger partial charge in [0.15, 0.2) is 12.0 Å². The first-order chi connectivity index (χ1) is 11.6. The Bertz CT molecular complexity index is 892. The van der Waals surface area contributed by atoms with E-state index in [0.29, 0.717) is 34.1 Å². The Morgan fingerprint density at radius 2 is 2.00 bits per heavy atom. The van der Waals surface area contributed by atoms with Crippen LogP contribution in [-0.2, 0) is 6.61 Å². The maximum atomic E-state index is 10.8. The van der Waals surface area contributed by atoms with Crippen molar-refractivity contribution in [1.29, 1.82) is 0 Å².